The molecule has 6 heteroatoms. The number of hydrogen-bond donors (Lipinski definition) is 2. The fraction of sp³-hybridized carbons (Fsp3) is 0.875. The predicted molar refractivity (Wildman–Crippen MR) is 50.1 cm³/mol. The van der Waals surface area contributed by atoms with Gasteiger partial charge in [-0.15, -0.1) is 11.6 Å². The standard InChI is InChI=1S/C8H14ClNO4/c9-1-8(13)10-2-6(4-11)14-7(3-10)5-12/h6-7,11-12H,1-5H2. The van der Waals surface area contributed by atoms with Crippen LogP contribution in [0.1, 0.15) is 0 Å². The summed E-state index contributed by atoms with van der Waals surface area (Å²) in [6.07, 6.45) is -0.846. The van der Waals surface area contributed by atoms with E-state index < -0.39 is 12.2 Å². The number of hydrogen-bond acceptors (Lipinski definition) is 4. The largest absolute Gasteiger partial charge is 0.394 e. The highest BCUT2D eigenvalue weighted by molar-refractivity contribution is 6.27. The lowest BCUT2D eigenvalue weighted by Crippen LogP contribution is -2.52. The minimum atomic E-state index is -0.423. The van der Waals surface area contributed by atoms with Crippen LogP contribution in [0.15, 0.2) is 0 Å². The van der Waals surface area contributed by atoms with E-state index in [0.717, 1.165) is 0 Å². The minimum Gasteiger partial charge on any atom is -0.394 e. The average Bonchev–Trinajstić information content (AvgIpc) is 2.27. The van der Waals surface area contributed by atoms with E-state index in [1.807, 2.05) is 0 Å². The third-order valence-corrected chi connectivity index (χ3v) is 2.34. The van der Waals surface area contributed by atoms with Crippen molar-refractivity contribution in [3.05, 3.63) is 0 Å². The quantitative estimate of drug-likeness (QED) is 0.590. The fourth-order valence-corrected chi connectivity index (χ4v) is 1.58. The van der Waals surface area contributed by atoms with Crippen LogP contribution in [0.5, 0.6) is 0 Å². The van der Waals surface area contributed by atoms with Gasteiger partial charge in [0.15, 0.2) is 0 Å². The summed E-state index contributed by atoms with van der Waals surface area (Å²) in [7, 11) is 0. The molecule has 2 atom stereocenters. The number of nitrogens with zero attached hydrogens (tertiary/aromatic N) is 1. The second-order valence-electron chi connectivity index (χ2n) is 3.18. The van der Waals surface area contributed by atoms with Crippen molar-refractivity contribution in [1.29, 1.82) is 0 Å². The van der Waals surface area contributed by atoms with Crippen molar-refractivity contribution in [1.82, 2.24) is 4.90 Å². The van der Waals surface area contributed by atoms with Gasteiger partial charge in [-0.2, -0.15) is 0 Å². The van der Waals surface area contributed by atoms with E-state index in [1.165, 1.54) is 4.90 Å². The van der Waals surface area contributed by atoms with Crippen LogP contribution in [0.3, 0.4) is 0 Å². The van der Waals surface area contributed by atoms with E-state index in [2.05, 4.69) is 0 Å². The Morgan fingerprint density at radius 2 is 1.86 bits per heavy atom. The van der Waals surface area contributed by atoms with Gasteiger partial charge in [0.2, 0.25) is 5.91 Å². The zero-order valence-electron chi connectivity index (χ0n) is 7.73. The molecule has 2 N–H and O–H groups in total. The smallest absolute Gasteiger partial charge is 0.237 e. The maximum atomic E-state index is 11.3. The molecule has 2 unspecified atom stereocenters. The Morgan fingerprint density at radius 3 is 2.21 bits per heavy atom. The van der Waals surface area contributed by atoms with Crippen molar-refractivity contribution in [2.75, 3.05) is 32.2 Å². The summed E-state index contributed by atoms with van der Waals surface area (Å²) < 4.78 is 5.27. The Hall–Kier alpha value is -0.360. The lowest BCUT2D eigenvalue weighted by Gasteiger charge is -2.36. The van der Waals surface area contributed by atoms with Gasteiger partial charge >= 0.3 is 0 Å². The second kappa shape index (κ2) is 5.50. The first-order valence-electron chi connectivity index (χ1n) is 4.42. The molecule has 1 rings (SSSR count). The second-order valence-corrected chi connectivity index (χ2v) is 3.44. The topological polar surface area (TPSA) is 70.0 Å². The lowest BCUT2D eigenvalue weighted by atomic mass is 10.2. The molecule has 1 heterocycles. The summed E-state index contributed by atoms with van der Waals surface area (Å²) >= 11 is 5.41. The van der Waals surface area contributed by atoms with Gasteiger partial charge in [-0.05, 0) is 0 Å². The number of aliphatic hydroxyl groups is 2. The van der Waals surface area contributed by atoms with Crippen molar-refractivity contribution in [3.8, 4) is 0 Å². The molecule has 1 amide bonds. The van der Waals surface area contributed by atoms with Crippen molar-refractivity contribution in [3.63, 3.8) is 0 Å². The maximum absolute atomic E-state index is 11.3. The van der Waals surface area contributed by atoms with Gasteiger partial charge in [-0.1, -0.05) is 0 Å². The monoisotopic (exact) mass is 223 g/mol. The van der Waals surface area contributed by atoms with Gasteiger partial charge in [-0.3, -0.25) is 4.79 Å². The molecule has 0 radical (unpaired) electrons. The molecule has 1 aliphatic rings. The molecule has 5 nitrogen and oxygen atoms in total. The molecule has 1 aliphatic heterocycles. The van der Waals surface area contributed by atoms with Gasteiger partial charge < -0.3 is 19.8 Å². The number of rotatable bonds is 3. The third-order valence-electron chi connectivity index (χ3n) is 2.11. The van der Waals surface area contributed by atoms with Crippen LogP contribution in [0.2, 0.25) is 0 Å². The molecule has 0 aromatic carbocycles. The zero-order chi connectivity index (χ0) is 10.6. The van der Waals surface area contributed by atoms with E-state index in [0.29, 0.717) is 13.1 Å². The molecular weight excluding hydrogens is 210 g/mol. The summed E-state index contributed by atoms with van der Waals surface area (Å²) in [4.78, 5) is 12.8. The highest BCUT2D eigenvalue weighted by Gasteiger charge is 2.29. The van der Waals surface area contributed by atoms with Crippen LogP contribution in [0.4, 0.5) is 0 Å². The summed E-state index contributed by atoms with van der Waals surface area (Å²) in [5.74, 6) is -0.289. The van der Waals surface area contributed by atoms with Crippen molar-refractivity contribution < 1.29 is 19.7 Å². The number of halogens is 1. The zero-order valence-corrected chi connectivity index (χ0v) is 8.48. The van der Waals surface area contributed by atoms with Crippen molar-refractivity contribution in [2.24, 2.45) is 0 Å². The molecule has 82 valence electrons. The normalized spacial score (nSPS) is 27.8. The summed E-state index contributed by atoms with van der Waals surface area (Å²) in [5, 5.41) is 17.8. The highest BCUT2D eigenvalue weighted by atomic mass is 35.5. The number of amides is 1. The first-order valence-corrected chi connectivity index (χ1v) is 4.95. The predicted octanol–water partition coefficient (Wildman–Crippen LogP) is -1.19. The van der Waals surface area contributed by atoms with Gasteiger partial charge in [-0.25, -0.2) is 0 Å². The van der Waals surface area contributed by atoms with Crippen LogP contribution in [-0.4, -0.2) is 65.4 Å². The summed E-state index contributed by atoms with van der Waals surface area (Å²) in [5.41, 5.74) is 0. The average molecular weight is 224 g/mol. The van der Waals surface area contributed by atoms with Crippen LogP contribution >= 0.6 is 11.6 Å². The van der Waals surface area contributed by atoms with Crippen molar-refractivity contribution >= 4 is 17.5 Å². The number of alkyl halides is 1. The molecule has 1 fully saturated rings. The number of carbonyl (C=O) groups is 1. The summed E-state index contributed by atoms with van der Waals surface area (Å²) in [6.45, 7) is 0.336. The van der Waals surface area contributed by atoms with E-state index in [9.17, 15) is 4.79 Å². The van der Waals surface area contributed by atoms with Crippen molar-refractivity contribution in [2.45, 2.75) is 12.2 Å². The van der Waals surface area contributed by atoms with Gasteiger partial charge in [0.25, 0.3) is 0 Å². The first-order chi connectivity index (χ1) is 6.71. The number of carbonyl (C=O) groups excluding carboxylic acids is 1. The highest BCUT2D eigenvalue weighted by Crippen LogP contribution is 2.11. The molecule has 0 aliphatic carbocycles. The number of ether oxygens (including phenoxy) is 1. The molecule has 0 spiro atoms. The lowest BCUT2D eigenvalue weighted by molar-refractivity contribution is -0.150. The Labute approximate surface area is 87.2 Å². The van der Waals surface area contributed by atoms with E-state index in [1.54, 1.807) is 0 Å². The van der Waals surface area contributed by atoms with Crippen LogP contribution < -0.4 is 0 Å². The fourth-order valence-electron chi connectivity index (χ4n) is 1.41. The van der Waals surface area contributed by atoms with Crippen LogP contribution in [0, 0.1) is 0 Å². The van der Waals surface area contributed by atoms with E-state index >= 15 is 0 Å². The molecule has 0 aromatic rings. The number of morpholine rings is 1. The third kappa shape index (κ3) is 2.81. The summed E-state index contributed by atoms with van der Waals surface area (Å²) in [6, 6.07) is 0. The molecule has 1 saturated heterocycles. The first kappa shape index (κ1) is 11.7. The Bertz CT molecular complexity index is 190. The van der Waals surface area contributed by atoms with Gasteiger partial charge in [0.1, 0.15) is 5.88 Å². The van der Waals surface area contributed by atoms with Gasteiger partial charge in [0, 0.05) is 13.1 Å². The Kier molecular flexibility index (Phi) is 4.60. The molecular formula is C8H14ClNO4. The molecule has 0 saturated carbocycles. The SMILES string of the molecule is O=C(CCl)N1CC(CO)OC(CO)C1. The number of aliphatic hydroxyl groups excluding tert-OH is 2. The van der Waals surface area contributed by atoms with E-state index in [4.69, 9.17) is 26.6 Å². The van der Waals surface area contributed by atoms with Gasteiger partial charge in [0.05, 0.1) is 25.4 Å². The Balaban J connectivity index is 2.55. The van der Waals surface area contributed by atoms with Crippen LogP contribution in [-0.2, 0) is 9.53 Å². The molecule has 0 aromatic heterocycles. The molecule has 14 heavy (non-hydrogen) atoms. The van der Waals surface area contributed by atoms with E-state index in [-0.39, 0.29) is 25.0 Å². The molecule has 0 bridgehead atoms. The maximum Gasteiger partial charge on any atom is 0.237 e. The minimum absolute atomic E-state index is 0.0870. The van der Waals surface area contributed by atoms with Crippen LogP contribution in [0.25, 0.3) is 0 Å². The Morgan fingerprint density at radius 1 is 1.36 bits per heavy atom.